The van der Waals surface area contributed by atoms with Crippen LogP contribution in [0.15, 0.2) is 58.7 Å². The highest BCUT2D eigenvalue weighted by molar-refractivity contribution is 5.66. The van der Waals surface area contributed by atoms with Crippen LogP contribution < -0.4 is 0 Å². The van der Waals surface area contributed by atoms with E-state index < -0.39 is 0 Å². The highest BCUT2D eigenvalue weighted by Gasteiger charge is 2.26. The van der Waals surface area contributed by atoms with Crippen LogP contribution in [0.4, 0.5) is 0 Å². The molecule has 0 heterocycles. The Bertz CT molecular complexity index is 595. The summed E-state index contributed by atoms with van der Waals surface area (Å²) in [5.74, 6) is -0.251. The number of carbonyl (C=O) groups is 1. The van der Waals surface area contributed by atoms with Gasteiger partial charge in [-0.1, -0.05) is 60.9 Å². The molecule has 0 amide bonds. The van der Waals surface area contributed by atoms with Crippen molar-refractivity contribution >= 4 is 5.97 Å². The van der Waals surface area contributed by atoms with Gasteiger partial charge in [0, 0.05) is 6.92 Å². The van der Waals surface area contributed by atoms with E-state index in [1.165, 1.54) is 42.9 Å². The zero-order valence-electron chi connectivity index (χ0n) is 16.1. The van der Waals surface area contributed by atoms with Gasteiger partial charge in [-0.05, 0) is 57.1 Å². The fraction of sp³-hybridized carbons (Fsp3) is 0.500. The summed E-state index contributed by atoms with van der Waals surface area (Å²) < 4.78 is 4.89. The van der Waals surface area contributed by atoms with E-state index in [0.717, 1.165) is 5.57 Å². The van der Waals surface area contributed by atoms with Crippen LogP contribution in [0, 0.1) is 5.41 Å². The van der Waals surface area contributed by atoms with Gasteiger partial charge in [0.05, 0.1) is 0 Å². The van der Waals surface area contributed by atoms with Crippen LogP contribution in [0.1, 0.15) is 60.8 Å². The quantitative estimate of drug-likeness (QED) is 0.436. The molecular formula is C22H32O2. The lowest BCUT2D eigenvalue weighted by Crippen LogP contribution is -2.19. The van der Waals surface area contributed by atoms with Gasteiger partial charge in [-0.2, -0.15) is 0 Å². The zero-order valence-corrected chi connectivity index (χ0v) is 16.1. The Kier molecular flexibility index (Phi) is 7.97. The van der Waals surface area contributed by atoms with E-state index in [9.17, 15) is 4.79 Å². The normalized spacial score (nSPS) is 19.4. The van der Waals surface area contributed by atoms with Crippen LogP contribution in [-0.4, -0.2) is 12.6 Å². The monoisotopic (exact) mass is 328 g/mol. The van der Waals surface area contributed by atoms with E-state index in [2.05, 4.69) is 45.9 Å². The SMILES string of the molecule is CC(=O)OC\C=C(C)/C=C\C=C(C)\C=C\C1=C(C)CCCC1(C)C. The Morgan fingerprint density at radius 3 is 2.50 bits per heavy atom. The van der Waals surface area contributed by atoms with Crippen LogP contribution in [0.3, 0.4) is 0 Å². The highest BCUT2D eigenvalue weighted by atomic mass is 16.5. The molecule has 1 aliphatic carbocycles. The van der Waals surface area contributed by atoms with Crippen molar-refractivity contribution in [1.29, 1.82) is 0 Å². The minimum atomic E-state index is -0.251. The maximum absolute atomic E-state index is 10.7. The molecule has 0 aromatic rings. The number of hydrogen-bond acceptors (Lipinski definition) is 2. The van der Waals surface area contributed by atoms with Crippen molar-refractivity contribution in [2.24, 2.45) is 5.41 Å². The smallest absolute Gasteiger partial charge is 0.302 e. The first kappa shape index (κ1) is 20.2. The Morgan fingerprint density at radius 1 is 1.17 bits per heavy atom. The minimum absolute atomic E-state index is 0.251. The molecule has 24 heavy (non-hydrogen) atoms. The number of carbonyl (C=O) groups excluding carboxylic acids is 1. The molecule has 0 fully saturated rings. The van der Waals surface area contributed by atoms with E-state index in [1.54, 1.807) is 0 Å². The lowest BCUT2D eigenvalue weighted by Gasteiger charge is -2.32. The van der Waals surface area contributed by atoms with E-state index >= 15 is 0 Å². The first-order valence-corrected chi connectivity index (χ1v) is 8.76. The van der Waals surface area contributed by atoms with Gasteiger partial charge in [0.15, 0.2) is 0 Å². The molecule has 0 saturated carbocycles. The van der Waals surface area contributed by atoms with E-state index in [1.807, 2.05) is 25.2 Å². The number of hydrogen-bond donors (Lipinski definition) is 0. The molecule has 0 radical (unpaired) electrons. The topological polar surface area (TPSA) is 26.3 Å². The Hall–Kier alpha value is -1.83. The number of esters is 1. The summed E-state index contributed by atoms with van der Waals surface area (Å²) in [5.41, 5.74) is 5.60. The number of allylic oxidation sites excluding steroid dienone is 9. The molecular weight excluding hydrogens is 296 g/mol. The standard InChI is InChI=1S/C22H32O2/c1-17(9-7-10-18(2)14-16-24-20(4)23)12-13-21-19(3)11-8-15-22(21,5)6/h7,9-10,12-14H,8,11,15-16H2,1-6H3/b10-7-,13-12+,17-9+,18-14-. The van der Waals surface area contributed by atoms with Crippen molar-refractivity contribution in [2.45, 2.75) is 60.8 Å². The molecule has 0 spiro atoms. The molecule has 0 aromatic carbocycles. The Labute approximate surface area is 147 Å². The van der Waals surface area contributed by atoms with Crippen LogP contribution in [0.5, 0.6) is 0 Å². The lowest BCUT2D eigenvalue weighted by atomic mass is 9.72. The molecule has 0 aliphatic heterocycles. The molecule has 0 unspecified atom stereocenters. The maximum atomic E-state index is 10.7. The summed E-state index contributed by atoms with van der Waals surface area (Å²) in [4.78, 5) is 10.7. The molecule has 0 atom stereocenters. The fourth-order valence-corrected chi connectivity index (χ4v) is 2.99. The molecule has 1 rings (SSSR count). The molecule has 0 bridgehead atoms. The number of ether oxygens (including phenoxy) is 1. The average molecular weight is 328 g/mol. The summed E-state index contributed by atoms with van der Waals surface area (Å²) in [6.45, 7) is 12.8. The summed E-state index contributed by atoms with van der Waals surface area (Å²) in [6, 6.07) is 0. The summed E-state index contributed by atoms with van der Waals surface area (Å²) in [6.07, 6.45) is 16.3. The fourth-order valence-electron chi connectivity index (χ4n) is 2.99. The highest BCUT2D eigenvalue weighted by Crippen LogP contribution is 2.40. The maximum Gasteiger partial charge on any atom is 0.302 e. The summed E-state index contributed by atoms with van der Waals surface area (Å²) >= 11 is 0. The van der Waals surface area contributed by atoms with Gasteiger partial charge in [-0.15, -0.1) is 0 Å². The van der Waals surface area contributed by atoms with Crippen molar-refractivity contribution in [3.8, 4) is 0 Å². The first-order chi connectivity index (χ1) is 11.2. The Balaban J connectivity index is 2.67. The van der Waals surface area contributed by atoms with Crippen molar-refractivity contribution in [2.75, 3.05) is 6.61 Å². The Morgan fingerprint density at radius 2 is 1.88 bits per heavy atom. The third-order valence-corrected chi connectivity index (χ3v) is 4.47. The van der Waals surface area contributed by atoms with Crippen molar-refractivity contribution in [3.63, 3.8) is 0 Å². The van der Waals surface area contributed by atoms with Gasteiger partial charge in [-0.25, -0.2) is 0 Å². The van der Waals surface area contributed by atoms with Gasteiger partial charge < -0.3 is 4.74 Å². The van der Waals surface area contributed by atoms with Crippen LogP contribution in [-0.2, 0) is 9.53 Å². The van der Waals surface area contributed by atoms with E-state index in [-0.39, 0.29) is 11.4 Å². The summed E-state index contributed by atoms with van der Waals surface area (Å²) in [7, 11) is 0. The first-order valence-electron chi connectivity index (χ1n) is 8.76. The minimum Gasteiger partial charge on any atom is -0.462 e. The van der Waals surface area contributed by atoms with Crippen molar-refractivity contribution < 1.29 is 9.53 Å². The molecule has 0 saturated heterocycles. The van der Waals surface area contributed by atoms with Gasteiger partial charge in [0.2, 0.25) is 0 Å². The third-order valence-electron chi connectivity index (χ3n) is 4.47. The van der Waals surface area contributed by atoms with Gasteiger partial charge in [0.25, 0.3) is 0 Å². The van der Waals surface area contributed by atoms with Crippen LogP contribution in [0.25, 0.3) is 0 Å². The molecule has 2 heteroatoms. The predicted molar refractivity (Wildman–Crippen MR) is 103 cm³/mol. The van der Waals surface area contributed by atoms with E-state index in [0.29, 0.717) is 6.61 Å². The van der Waals surface area contributed by atoms with Gasteiger partial charge in [0.1, 0.15) is 6.61 Å². The van der Waals surface area contributed by atoms with Gasteiger partial charge >= 0.3 is 5.97 Å². The molecule has 132 valence electrons. The lowest BCUT2D eigenvalue weighted by molar-refractivity contribution is -0.139. The second kappa shape index (κ2) is 9.46. The molecule has 0 N–H and O–H groups in total. The molecule has 1 aliphatic rings. The van der Waals surface area contributed by atoms with Crippen LogP contribution >= 0.6 is 0 Å². The van der Waals surface area contributed by atoms with Gasteiger partial charge in [-0.3, -0.25) is 4.79 Å². The average Bonchev–Trinajstić information content (AvgIpc) is 2.45. The zero-order chi connectivity index (χ0) is 18.2. The van der Waals surface area contributed by atoms with Crippen LogP contribution in [0.2, 0.25) is 0 Å². The third kappa shape index (κ3) is 7.16. The molecule has 0 aromatic heterocycles. The number of rotatable bonds is 6. The predicted octanol–water partition coefficient (Wildman–Crippen LogP) is 6.08. The second-order valence-electron chi connectivity index (χ2n) is 7.29. The largest absolute Gasteiger partial charge is 0.462 e. The van der Waals surface area contributed by atoms with E-state index in [4.69, 9.17) is 4.74 Å². The van der Waals surface area contributed by atoms with Crippen molar-refractivity contribution in [3.05, 3.63) is 58.7 Å². The van der Waals surface area contributed by atoms with Crippen molar-refractivity contribution in [1.82, 2.24) is 0 Å². The molecule has 2 nitrogen and oxygen atoms in total. The second-order valence-corrected chi connectivity index (χ2v) is 7.29. The summed E-state index contributed by atoms with van der Waals surface area (Å²) in [5, 5.41) is 0.